The van der Waals surface area contributed by atoms with Crippen LogP contribution in [0.4, 0.5) is 0 Å². The number of para-hydroxylation sites is 1. The number of benzene rings is 1. The third kappa shape index (κ3) is 2.13. The third-order valence-electron chi connectivity index (χ3n) is 3.27. The van der Waals surface area contributed by atoms with Gasteiger partial charge in [0, 0.05) is 6.54 Å². The predicted molar refractivity (Wildman–Crippen MR) is 75.1 cm³/mol. The Kier molecular flexibility index (Phi) is 3.74. The molecular weight excluding hydrogens is 260 g/mol. The van der Waals surface area contributed by atoms with Gasteiger partial charge in [0.05, 0.1) is 10.9 Å². The molecule has 0 fully saturated rings. The van der Waals surface area contributed by atoms with Crippen molar-refractivity contribution in [1.29, 1.82) is 0 Å². The summed E-state index contributed by atoms with van der Waals surface area (Å²) in [4.78, 5) is 35.9. The Balaban J connectivity index is 2.95. The van der Waals surface area contributed by atoms with E-state index >= 15 is 0 Å². The molecule has 1 aromatic heterocycles. The normalized spacial score (nSPS) is 12.5. The molecule has 0 aliphatic rings. The Morgan fingerprint density at radius 3 is 2.55 bits per heavy atom. The van der Waals surface area contributed by atoms with Crippen molar-refractivity contribution in [3.8, 4) is 0 Å². The number of hydrogen-bond acceptors (Lipinski definition) is 3. The van der Waals surface area contributed by atoms with E-state index < -0.39 is 17.7 Å². The number of carboxylic acid groups (broad SMARTS) is 1. The van der Waals surface area contributed by atoms with Crippen molar-refractivity contribution in [1.82, 2.24) is 9.13 Å². The highest BCUT2D eigenvalue weighted by molar-refractivity contribution is 5.80. The van der Waals surface area contributed by atoms with E-state index in [0.717, 1.165) is 9.13 Å². The summed E-state index contributed by atoms with van der Waals surface area (Å²) in [5.74, 6) is -1.11. The molecule has 0 amide bonds. The average molecular weight is 276 g/mol. The first-order valence-corrected chi connectivity index (χ1v) is 6.46. The number of hydrogen-bond donors (Lipinski definition) is 1. The number of fused-ring (bicyclic) bond motifs is 1. The first-order chi connectivity index (χ1) is 9.49. The third-order valence-corrected chi connectivity index (χ3v) is 3.27. The van der Waals surface area contributed by atoms with Crippen LogP contribution in [-0.2, 0) is 11.3 Å². The highest BCUT2D eigenvalue weighted by Crippen LogP contribution is 2.13. The molecule has 0 spiro atoms. The smallest absolute Gasteiger partial charge is 0.332 e. The fourth-order valence-electron chi connectivity index (χ4n) is 2.24. The second-order valence-corrected chi connectivity index (χ2v) is 4.64. The van der Waals surface area contributed by atoms with E-state index in [1.54, 1.807) is 24.3 Å². The summed E-state index contributed by atoms with van der Waals surface area (Å²) in [7, 11) is 0. The quantitative estimate of drug-likeness (QED) is 0.910. The molecule has 2 aromatic rings. The van der Waals surface area contributed by atoms with E-state index in [0.29, 0.717) is 17.3 Å². The van der Waals surface area contributed by atoms with Crippen LogP contribution in [0.5, 0.6) is 0 Å². The van der Waals surface area contributed by atoms with Gasteiger partial charge in [0.25, 0.3) is 5.56 Å². The number of carboxylic acids is 1. The largest absolute Gasteiger partial charge is 0.480 e. The maximum Gasteiger partial charge on any atom is 0.332 e. The van der Waals surface area contributed by atoms with Gasteiger partial charge in [-0.3, -0.25) is 13.9 Å². The average Bonchev–Trinajstić information content (AvgIpc) is 2.43. The molecule has 1 N–H and O–H groups in total. The van der Waals surface area contributed by atoms with Gasteiger partial charge in [-0.25, -0.2) is 9.59 Å². The summed E-state index contributed by atoms with van der Waals surface area (Å²) < 4.78 is 2.26. The number of carbonyl (C=O) groups is 1. The lowest BCUT2D eigenvalue weighted by Crippen LogP contribution is -2.42. The van der Waals surface area contributed by atoms with Crippen LogP contribution in [0.25, 0.3) is 10.9 Å². The highest BCUT2D eigenvalue weighted by atomic mass is 16.4. The summed E-state index contributed by atoms with van der Waals surface area (Å²) in [5.41, 5.74) is -0.600. The number of aromatic nitrogens is 2. The SMILES string of the molecule is CCCn1c(=O)c2ccccc2n(C(C)C(=O)O)c1=O. The van der Waals surface area contributed by atoms with Gasteiger partial charge in [0.15, 0.2) is 0 Å². The first-order valence-electron chi connectivity index (χ1n) is 6.46. The van der Waals surface area contributed by atoms with Crippen LogP contribution in [-0.4, -0.2) is 20.2 Å². The molecular formula is C14H16N2O4. The molecule has 1 atom stereocenters. The van der Waals surface area contributed by atoms with Gasteiger partial charge in [-0.05, 0) is 25.5 Å². The second-order valence-electron chi connectivity index (χ2n) is 4.64. The summed E-state index contributed by atoms with van der Waals surface area (Å²) >= 11 is 0. The highest BCUT2D eigenvalue weighted by Gasteiger charge is 2.20. The van der Waals surface area contributed by atoms with Gasteiger partial charge in [-0.15, -0.1) is 0 Å². The minimum Gasteiger partial charge on any atom is -0.480 e. The molecule has 0 aliphatic carbocycles. The van der Waals surface area contributed by atoms with Crippen LogP contribution in [0, 0.1) is 0 Å². The Bertz CT molecular complexity index is 773. The molecule has 20 heavy (non-hydrogen) atoms. The number of aliphatic carboxylic acids is 1. The van der Waals surface area contributed by atoms with Crippen LogP contribution in [0.3, 0.4) is 0 Å². The Hall–Kier alpha value is -2.37. The monoisotopic (exact) mass is 276 g/mol. The maximum atomic E-state index is 12.4. The van der Waals surface area contributed by atoms with Crippen molar-refractivity contribution in [2.45, 2.75) is 32.9 Å². The molecule has 1 aromatic carbocycles. The maximum absolute atomic E-state index is 12.4. The summed E-state index contributed by atoms with van der Waals surface area (Å²) in [6.45, 7) is 3.55. The van der Waals surface area contributed by atoms with Gasteiger partial charge < -0.3 is 5.11 Å². The van der Waals surface area contributed by atoms with Crippen molar-refractivity contribution in [2.75, 3.05) is 0 Å². The zero-order chi connectivity index (χ0) is 14.9. The lowest BCUT2D eigenvalue weighted by molar-refractivity contribution is -0.140. The molecule has 0 aliphatic heterocycles. The van der Waals surface area contributed by atoms with E-state index in [-0.39, 0.29) is 12.1 Å². The van der Waals surface area contributed by atoms with Crippen LogP contribution in [0.1, 0.15) is 26.3 Å². The molecule has 6 nitrogen and oxygen atoms in total. The van der Waals surface area contributed by atoms with Gasteiger partial charge in [0.1, 0.15) is 6.04 Å². The van der Waals surface area contributed by atoms with Crippen LogP contribution in [0.2, 0.25) is 0 Å². The van der Waals surface area contributed by atoms with Gasteiger partial charge in [-0.2, -0.15) is 0 Å². The van der Waals surface area contributed by atoms with Gasteiger partial charge in [0.2, 0.25) is 0 Å². The molecule has 1 unspecified atom stereocenters. The molecule has 1 heterocycles. The van der Waals surface area contributed by atoms with Crippen molar-refractivity contribution < 1.29 is 9.90 Å². The summed E-state index contributed by atoms with van der Waals surface area (Å²) in [5, 5.41) is 9.52. The summed E-state index contributed by atoms with van der Waals surface area (Å²) in [6, 6.07) is 5.54. The lowest BCUT2D eigenvalue weighted by Gasteiger charge is -2.16. The van der Waals surface area contributed by atoms with Crippen molar-refractivity contribution >= 4 is 16.9 Å². The fourth-order valence-corrected chi connectivity index (χ4v) is 2.24. The van der Waals surface area contributed by atoms with Crippen LogP contribution < -0.4 is 11.2 Å². The topological polar surface area (TPSA) is 81.3 Å². The standard InChI is InChI=1S/C14H16N2O4/c1-3-8-15-12(17)10-6-4-5-7-11(10)16(14(15)20)9(2)13(18)19/h4-7,9H,3,8H2,1-2H3,(H,18,19). The van der Waals surface area contributed by atoms with E-state index in [9.17, 15) is 14.4 Å². The predicted octanol–water partition coefficient (Wildman–Crippen LogP) is 1.22. The number of rotatable bonds is 4. The molecule has 0 bridgehead atoms. The van der Waals surface area contributed by atoms with Crippen molar-refractivity contribution in [3.05, 3.63) is 45.1 Å². The Labute approximate surface area is 114 Å². The number of nitrogens with zero attached hydrogens (tertiary/aromatic N) is 2. The molecule has 6 heteroatoms. The molecule has 2 rings (SSSR count). The van der Waals surface area contributed by atoms with Gasteiger partial charge in [-0.1, -0.05) is 19.1 Å². The summed E-state index contributed by atoms with van der Waals surface area (Å²) in [6.07, 6.45) is 0.620. The molecule has 0 radical (unpaired) electrons. The van der Waals surface area contributed by atoms with Crippen molar-refractivity contribution in [3.63, 3.8) is 0 Å². The first kappa shape index (κ1) is 14.0. The molecule has 106 valence electrons. The van der Waals surface area contributed by atoms with Crippen LogP contribution in [0.15, 0.2) is 33.9 Å². The zero-order valence-electron chi connectivity index (χ0n) is 11.4. The van der Waals surface area contributed by atoms with E-state index in [4.69, 9.17) is 5.11 Å². The Morgan fingerprint density at radius 1 is 1.30 bits per heavy atom. The van der Waals surface area contributed by atoms with E-state index in [1.165, 1.54) is 6.92 Å². The van der Waals surface area contributed by atoms with Gasteiger partial charge >= 0.3 is 11.7 Å². The lowest BCUT2D eigenvalue weighted by atomic mass is 10.2. The minimum atomic E-state index is -1.11. The zero-order valence-corrected chi connectivity index (χ0v) is 11.4. The second kappa shape index (κ2) is 5.32. The minimum absolute atomic E-state index is 0.273. The van der Waals surface area contributed by atoms with Crippen LogP contribution >= 0.6 is 0 Å². The van der Waals surface area contributed by atoms with E-state index in [2.05, 4.69) is 0 Å². The van der Waals surface area contributed by atoms with E-state index in [1.807, 2.05) is 6.92 Å². The molecule has 0 saturated carbocycles. The molecule has 0 saturated heterocycles. The van der Waals surface area contributed by atoms with Crippen molar-refractivity contribution in [2.24, 2.45) is 0 Å². The Morgan fingerprint density at radius 2 is 1.95 bits per heavy atom. The fraction of sp³-hybridized carbons (Fsp3) is 0.357.